The number of amides is 1. The highest BCUT2D eigenvalue weighted by Crippen LogP contribution is 2.46. The summed E-state index contributed by atoms with van der Waals surface area (Å²) in [5.74, 6) is 0.946. The molecular weight excluding hydrogens is 349 g/mol. The molecular formula is C18H23F3N2OS. The van der Waals surface area contributed by atoms with E-state index in [4.69, 9.17) is 0 Å². The maximum atomic E-state index is 13.8. The van der Waals surface area contributed by atoms with E-state index >= 15 is 0 Å². The van der Waals surface area contributed by atoms with Crippen LogP contribution in [0.2, 0.25) is 0 Å². The SMILES string of the molecule is O=C(NC1CCSCC1)C1(C(F)(F)F)CCN(Cc2ccccc2)C1. The standard InChI is InChI=1S/C18H23F3N2OS/c19-18(20,21)17(16(24)22-15-6-10-25-11-7-15)8-9-23(13-17)12-14-4-2-1-3-5-14/h1-5,15H,6-13H2,(H,22,24). The van der Waals surface area contributed by atoms with Crippen LogP contribution in [-0.4, -0.2) is 47.6 Å². The fourth-order valence-electron chi connectivity index (χ4n) is 3.58. The number of nitrogens with zero attached hydrogens (tertiary/aromatic N) is 1. The van der Waals surface area contributed by atoms with Crippen LogP contribution < -0.4 is 5.32 Å². The fourth-order valence-corrected chi connectivity index (χ4v) is 4.68. The van der Waals surface area contributed by atoms with Crippen LogP contribution in [0.3, 0.4) is 0 Å². The van der Waals surface area contributed by atoms with Crippen molar-refractivity contribution in [3.63, 3.8) is 0 Å². The average molecular weight is 372 g/mol. The van der Waals surface area contributed by atoms with Crippen molar-refractivity contribution < 1.29 is 18.0 Å². The lowest BCUT2D eigenvalue weighted by molar-refractivity contribution is -0.218. The van der Waals surface area contributed by atoms with Crippen molar-refractivity contribution in [1.29, 1.82) is 0 Å². The third-order valence-corrected chi connectivity index (χ3v) is 6.18. The zero-order valence-corrected chi connectivity index (χ0v) is 14.8. The van der Waals surface area contributed by atoms with E-state index in [1.54, 1.807) is 16.7 Å². The van der Waals surface area contributed by atoms with Gasteiger partial charge in [0.15, 0.2) is 5.41 Å². The zero-order chi connectivity index (χ0) is 17.9. The Bertz CT molecular complexity index is 590. The van der Waals surface area contributed by atoms with Gasteiger partial charge in [-0.3, -0.25) is 9.69 Å². The highest BCUT2D eigenvalue weighted by Gasteiger charge is 2.63. The number of halogens is 3. The lowest BCUT2D eigenvalue weighted by Crippen LogP contribution is -2.55. The van der Waals surface area contributed by atoms with Gasteiger partial charge in [-0.05, 0) is 42.9 Å². The second-order valence-corrected chi connectivity index (χ2v) is 8.11. The number of likely N-dealkylation sites (tertiary alicyclic amines) is 1. The predicted molar refractivity (Wildman–Crippen MR) is 93.3 cm³/mol. The Morgan fingerprint density at radius 2 is 1.92 bits per heavy atom. The summed E-state index contributed by atoms with van der Waals surface area (Å²) in [6, 6.07) is 9.28. The molecule has 1 atom stereocenters. The van der Waals surface area contributed by atoms with Gasteiger partial charge in [0.25, 0.3) is 0 Å². The molecule has 1 aromatic carbocycles. The van der Waals surface area contributed by atoms with E-state index in [0.717, 1.165) is 29.9 Å². The van der Waals surface area contributed by atoms with Crippen molar-refractivity contribution >= 4 is 17.7 Å². The number of rotatable bonds is 4. The summed E-state index contributed by atoms with van der Waals surface area (Å²) in [6.07, 6.45) is -3.21. The molecule has 2 fully saturated rings. The van der Waals surface area contributed by atoms with Crippen LogP contribution in [0.1, 0.15) is 24.8 Å². The smallest absolute Gasteiger partial charge is 0.352 e. The van der Waals surface area contributed by atoms with Crippen molar-refractivity contribution in [2.75, 3.05) is 24.6 Å². The molecule has 0 aliphatic carbocycles. The molecule has 138 valence electrons. The molecule has 0 bridgehead atoms. The Labute approximate surface area is 150 Å². The molecule has 1 N–H and O–H groups in total. The van der Waals surface area contributed by atoms with Gasteiger partial charge in [-0.2, -0.15) is 24.9 Å². The van der Waals surface area contributed by atoms with Crippen LogP contribution in [0.15, 0.2) is 30.3 Å². The van der Waals surface area contributed by atoms with Crippen LogP contribution in [0, 0.1) is 5.41 Å². The van der Waals surface area contributed by atoms with Crippen LogP contribution in [0.4, 0.5) is 13.2 Å². The average Bonchev–Trinajstić information content (AvgIpc) is 3.02. The molecule has 0 radical (unpaired) electrons. The van der Waals surface area contributed by atoms with Gasteiger partial charge < -0.3 is 5.32 Å². The first kappa shape index (κ1) is 18.6. The monoisotopic (exact) mass is 372 g/mol. The minimum Gasteiger partial charge on any atom is -0.352 e. The summed E-state index contributed by atoms with van der Waals surface area (Å²) >= 11 is 1.78. The maximum absolute atomic E-state index is 13.8. The van der Waals surface area contributed by atoms with Crippen molar-refractivity contribution in [3.8, 4) is 0 Å². The Morgan fingerprint density at radius 1 is 1.24 bits per heavy atom. The van der Waals surface area contributed by atoms with E-state index in [2.05, 4.69) is 5.32 Å². The topological polar surface area (TPSA) is 32.3 Å². The number of carbonyl (C=O) groups is 1. The molecule has 2 aliphatic heterocycles. The van der Waals surface area contributed by atoms with Crippen molar-refractivity contribution in [2.45, 2.75) is 38.0 Å². The largest absolute Gasteiger partial charge is 0.404 e. The van der Waals surface area contributed by atoms with E-state index < -0.39 is 17.5 Å². The Hall–Kier alpha value is -1.21. The Morgan fingerprint density at radius 3 is 2.56 bits per heavy atom. The summed E-state index contributed by atoms with van der Waals surface area (Å²) in [5, 5.41) is 2.69. The minimum atomic E-state index is -4.54. The quantitative estimate of drug-likeness (QED) is 0.879. The number of carbonyl (C=O) groups excluding carboxylic acids is 1. The zero-order valence-electron chi connectivity index (χ0n) is 14.0. The fraction of sp³-hybridized carbons (Fsp3) is 0.611. The molecule has 2 aliphatic rings. The Kier molecular flexibility index (Phi) is 5.63. The summed E-state index contributed by atoms with van der Waals surface area (Å²) in [4.78, 5) is 14.4. The molecule has 1 unspecified atom stereocenters. The number of thioether (sulfide) groups is 1. The lowest BCUT2D eigenvalue weighted by Gasteiger charge is -2.33. The first-order valence-corrected chi connectivity index (χ1v) is 9.78. The first-order valence-electron chi connectivity index (χ1n) is 8.62. The lowest BCUT2D eigenvalue weighted by atomic mass is 9.84. The highest BCUT2D eigenvalue weighted by molar-refractivity contribution is 7.99. The van der Waals surface area contributed by atoms with Crippen LogP contribution in [0.5, 0.6) is 0 Å². The number of benzene rings is 1. The minimum absolute atomic E-state index is 0.129. The van der Waals surface area contributed by atoms with Crippen LogP contribution in [-0.2, 0) is 11.3 Å². The summed E-state index contributed by atoms with van der Waals surface area (Å²) in [6.45, 7) is 0.451. The molecule has 3 nitrogen and oxygen atoms in total. The molecule has 1 aromatic rings. The van der Waals surface area contributed by atoms with E-state index in [9.17, 15) is 18.0 Å². The van der Waals surface area contributed by atoms with E-state index in [1.165, 1.54) is 0 Å². The van der Waals surface area contributed by atoms with Gasteiger partial charge in [0.2, 0.25) is 5.91 Å². The summed E-state index contributed by atoms with van der Waals surface area (Å²) in [7, 11) is 0. The molecule has 1 amide bonds. The van der Waals surface area contributed by atoms with Gasteiger partial charge in [-0.1, -0.05) is 30.3 Å². The first-order chi connectivity index (χ1) is 11.9. The molecule has 0 aromatic heterocycles. The van der Waals surface area contributed by atoms with Gasteiger partial charge in [-0.25, -0.2) is 0 Å². The molecule has 3 rings (SSSR count). The maximum Gasteiger partial charge on any atom is 0.404 e. The highest BCUT2D eigenvalue weighted by atomic mass is 32.2. The van der Waals surface area contributed by atoms with Crippen LogP contribution in [0.25, 0.3) is 0 Å². The van der Waals surface area contributed by atoms with Gasteiger partial charge in [0.05, 0.1) is 0 Å². The van der Waals surface area contributed by atoms with Crippen LogP contribution >= 0.6 is 11.8 Å². The van der Waals surface area contributed by atoms with Gasteiger partial charge in [0.1, 0.15) is 0 Å². The third-order valence-electron chi connectivity index (χ3n) is 5.13. The predicted octanol–water partition coefficient (Wildman–Crippen LogP) is 3.45. The normalized spacial score (nSPS) is 25.9. The Balaban J connectivity index is 1.70. The van der Waals surface area contributed by atoms with Gasteiger partial charge in [-0.15, -0.1) is 0 Å². The number of hydrogen-bond acceptors (Lipinski definition) is 3. The van der Waals surface area contributed by atoms with E-state index in [-0.39, 0.29) is 25.6 Å². The second-order valence-electron chi connectivity index (χ2n) is 6.89. The van der Waals surface area contributed by atoms with E-state index in [0.29, 0.717) is 6.54 Å². The van der Waals surface area contributed by atoms with Crippen molar-refractivity contribution in [2.24, 2.45) is 5.41 Å². The summed E-state index contributed by atoms with van der Waals surface area (Å²) in [5.41, 5.74) is -1.32. The van der Waals surface area contributed by atoms with E-state index in [1.807, 2.05) is 30.3 Å². The molecule has 0 saturated carbocycles. The third kappa shape index (κ3) is 4.14. The van der Waals surface area contributed by atoms with Crippen molar-refractivity contribution in [3.05, 3.63) is 35.9 Å². The number of hydrogen-bond donors (Lipinski definition) is 1. The molecule has 2 saturated heterocycles. The molecule has 7 heteroatoms. The van der Waals surface area contributed by atoms with Gasteiger partial charge >= 0.3 is 6.18 Å². The molecule has 25 heavy (non-hydrogen) atoms. The summed E-state index contributed by atoms with van der Waals surface area (Å²) < 4.78 is 41.5. The number of nitrogens with one attached hydrogen (secondary N) is 1. The van der Waals surface area contributed by atoms with Crippen molar-refractivity contribution in [1.82, 2.24) is 10.2 Å². The molecule has 0 spiro atoms. The second kappa shape index (κ2) is 7.58. The number of alkyl halides is 3. The molecule has 2 heterocycles. The van der Waals surface area contributed by atoms with Gasteiger partial charge in [0, 0.05) is 19.1 Å².